The Morgan fingerprint density at radius 1 is 1.50 bits per heavy atom. The van der Waals surface area contributed by atoms with Crippen molar-refractivity contribution in [1.29, 1.82) is 0 Å². The monoisotopic (exact) mass is 363 g/mol. The van der Waals surface area contributed by atoms with E-state index in [2.05, 4.69) is 20.7 Å². The standard InChI is InChI=1S/C15H17N5O2S2/c1-4-20-13(11-6-5-7-23-11)17-18-15(20)24-10(3)14(21)16-12-8-9(2)19-22-12/h5-8,10H,4H2,1-3H3,(H,16,21). The number of hydrogen-bond donors (Lipinski definition) is 1. The minimum Gasteiger partial charge on any atom is -0.338 e. The molecule has 0 aliphatic heterocycles. The molecule has 1 unspecified atom stereocenters. The van der Waals surface area contributed by atoms with Crippen molar-refractivity contribution in [2.45, 2.75) is 37.7 Å². The van der Waals surface area contributed by atoms with Crippen LogP contribution < -0.4 is 5.32 Å². The van der Waals surface area contributed by atoms with Crippen LogP contribution in [0.1, 0.15) is 19.5 Å². The first kappa shape index (κ1) is 16.7. The van der Waals surface area contributed by atoms with Crippen LogP contribution in [0.25, 0.3) is 10.7 Å². The second-order valence-electron chi connectivity index (χ2n) is 5.11. The Morgan fingerprint density at radius 2 is 2.33 bits per heavy atom. The highest BCUT2D eigenvalue weighted by molar-refractivity contribution is 8.00. The van der Waals surface area contributed by atoms with E-state index in [0.29, 0.717) is 5.88 Å². The minimum atomic E-state index is -0.346. The fourth-order valence-corrected chi connectivity index (χ4v) is 3.74. The molecule has 3 heterocycles. The average Bonchev–Trinajstić information content (AvgIpc) is 3.27. The molecule has 0 bridgehead atoms. The van der Waals surface area contributed by atoms with Crippen molar-refractivity contribution in [1.82, 2.24) is 19.9 Å². The SMILES string of the molecule is CCn1c(SC(C)C(=O)Nc2cc(C)no2)nnc1-c1cccs1. The van der Waals surface area contributed by atoms with Crippen LogP contribution >= 0.6 is 23.1 Å². The van der Waals surface area contributed by atoms with Gasteiger partial charge in [0.15, 0.2) is 11.0 Å². The number of amides is 1. The summed E-state index contributed by atoms with van der Waals surface area (Å²) < 4.78 is 7.02. The topological polar surface area (TPSA) is 85.8 Å². The predicted molar refractivity (Wildman–Crippen MR) is 94.2 cm³/mol. The summed E-state index contributed by atoms with van der Waals surface area (Å²) in [4.78, 5) is 13.3. The van der Waals surface area contributed by atoms with Crippen molar-refractivity contribution in [3.8, 4) is 10.7 Å². The molecule has 0 saturated heterocycles. The smallest absolute Gasteiger partial charge is 0.240 e. The van der Waals surface area contributed by atoms with E-state index in [1.165, 1.54) is 11.8 Å². The molecule has 9 heteroatoms. The second kappa shape index (κ2) is 7.18. The number of aromatic nitrogens is 4. The lowest BCUT2D eigenvalue weighted by Crippen LogP contribution is -2.22. The third-order valence-electron chi connectivity index (χ3n) is 3.30. The maximum Gasteiger partial charge on any atom is 0.240 e. The summed E-state index contributed by atoms with van der Waals surface area (Å²) in [5.74, 6) is 1.01. The third-order valence-corrected chi connectivity index (χ3v) is 5.25. The molecule has 1 amide bonds. The average molecular weight is 363 g/mol. The van der Waals surface area contributed by atoms with E-state index in [9.17, 15) is 4.79 Å². The second-order valence-corrected chi connectivity index (χ2v) is 7.37. The number of nitrogens with zero attached hydrogens (tertiary/aromatic N) is 4. The van der Waals surface area contributed by atoms with E-state index in [1.54, 1.807) is 24.3 Å². The van der Waals surface area contributed by atoms with Gasteiger partial charge in [0.1, 0.15) is 0 Å². The lowest BCUT2D eigenvalue weighted by Gasteiger charge is -2.11. The van der Waals surface area contributed by atoms with Gasteiger partial charge in [0.05, 0.1) is 15.8 Å². The highest BCUT2D eigenvalue weighted by Gasteiger charge is 2.21. The quantitative estimate of drug-likeness (QED) is 0.675. The van der Waals surface area contributed by atoms with Gasteiger partial charge < -0.3 is 9.09 Å². The first-order valence-corrected chi connectivity index (χ1v) is 9.22. The van der Waals surface area contributed by atoms with Gasteiger partial charge in [-0.05, 0) is 32.2 Å². The Kier molecular flexibility index (Phi) is 5.00. The molecule has 0 radical (unpaired) electrons. The van der Waals surface area contributed by atoms with Crippen molar-refractivity contribution in [2.75, 3.05) is 5.32 Å². The molecule has 3 rings (SSSR count). The molecular formula is C15H17N5O2S2. The summed E-state index contributed by atoms with van der Waals surface area (Å²) in [6, 6.07) is 5.67. The van der Waals surface area contributed by atoms with Crippen LogP contribution in [0.15, 0.2) is 33.3 Å². The van der Waals surface area contributed by atoms with Crippen molar-refractivity contribution in [3.05, 3.63) is 29.3 Å². The van der Waals surface area contributed by atoms with E-state index in [1.807, 2.05) is 35.9 Å². The van der Waals surface area contributed by atoms with E-state index in [-0.39, 0.29) is 11.2 Å². The lowest BCUT2D eigenvalue weighted by atomic mass is 10.4. The van der Waals surface area contributed by atoms with Gasteiger partial charge in [-0.2, -0.15) is 0 Å². The van der Waals surface area contributed by atoms with Crippen molar-refractivity contribution >= 4 is 34.9 Å². The molecule has 126 valence electrons. The molecule has 0 aliphatic carbocycles. The van der Waals surface area contributed by atoms with Crippen molar-refractivity contribution in [2.24, 2.45) is 0 Å². The van der Waals surface area contributed by atoms with E-state index in [4.69, 9.17) is 4.52 Å². The number of nitrogens with one attached hydrogen (secondary N) is 1. The minimum absolute atomic E-state index is 0.167. The zero-order valence-corrected chi connectivity index (χ0v) is 15.1. The zero-order chi connectivity index (χ0) is 17.1. The fourth-order valence-electron chi connectivity index (χ4n) is 2.11. The van der Waals surface area contributed by atoms with Crippen LogP contribution in [-0.2, 0) is 11.3 Å². The molecule has 1 N–H and O–H groups in total. The van der Waals surface area contributed by atoms with Crippen LogP contribution in [0.3, 0.4) is 0 Å². The third kappa shape index (κ3) is 3.51. The highest BCUT2D eigenvalue weighted by atomic mass is 32.2. The number of carbonyl (C=O) groups is 1. The summed E-state index contributed by atoms with van der Waals surface area (Å²) in [5, 5.41) is 17.4. The first-order chi connectivity index (χ1) is 11.6. The molecule has 3 aromatic heterocycles. The highest BCUT2D eigenvalue weighted by Crippen LogP contribution is 2.29. The Labute approximate surface area is 147 Å². The molecule has 3 aromatic rings. The van der Waals surface area contributed by atoms with Crippen LogP contribution in [0, 0.1) is 6.92 Å². The summed E-state index contributed by atoms with van der Waals surface area (Å²) in [6.45, 7) is 6.39. The van der Waals surface area contributed by atoms with Gasteiger partial charge in [-0.3, -0.25) is 10.1 Å². The zero-order valence-electron chi connectivity index (χ0n) is 13.5. The first-order valence-electron chi connectivity index (χ1n) is 7.46. The molecular weight excluding hydrogens is 346 g/mol. The number of thioether (sulfide) groups is 1. The van der Waals surface area contributed by atoms with Crippen LogP contribution in [-0.4, -0.2) is 31.1 Å². The van der Waals surface area contributed by atoms with E-state index >= 15 is 0 Å². The Morgan fingerprint density at radius 3 is 2.96 bits per heavy atom. The van der Waals surface area contributed by atoms with Gasteiger partial charge in [-0.25, -0.2) is 0 Å². The Balaban J connectivity index is 1.72. The van der Waals surface area contributed by atoms with Crippen LogP contribution in [0.5, 0.6) is 0 Å². The largest absolute Gasteiger partial charge is 0.338 e. The predicted octanol–water partition coefficient (Wildman–Crippen LogP) is 3.44. The number of rotatable bonds is 6. The van der Waals surface area contributed by atoms with Crippen molar-refractivity contribution in [3.63, 3.8) is 0 Å². The van der Waals surface area contributed by atoms with Gasteiger partial charge in [-0.15, -0.1) is 21.5 Å². The van der Waals surface area contributed by atoms with E-state index < -0.39 is 0 Å². The number of hydrogen-bond acceptors (Lipinski definition) is 7. The lowest BCUT2D eigenvalue weighted by molar-refractivity contribution is -0.115. The molecule has 0 saturated carbocycles. The van der Waals surface area contributed by atoms with Crippen LogP contribution in [0.2, 0.25) is 0 Å². The number of anilines is 1. The van der Waals surface area contributed by atoms with Crippen LogP contribution in [0.4, 0.5) is 5.88 Å². The van der Waals surface area contributed by atoms with Gasteiger partial charge in [0.2, 0.25) is 11.8 Å². The van der Waals surface area contributed by atoms with Gasteiger partial charge in [0, 0.05) is 12.6 Å². The fraction of sp³-hybridized carbons (Fsp3) is 0.333. The normalized spacial score (nSPS) is 12.3. The molecule has 1 atom stereocenters. The molecule has 0 fully saturated rings. The maximum atomic E-state index is 12.3. The number of aryl methyl sites for hydroxylation is 1. The summed E-state index contributed by atoms with van der Waals surface area (Å²) >= 11 is 2.98. The maximum absolute atomic E-state index is 12.3. The van der Waals surface area contributed by atoms with Gasteiger partial charge >= 0.3 is 0 Å². The summed E-state index contributed by atoms with van der Waals surface area (Å²) in [6.07, 6.45) is 0. The molecule has 0 aromatic carbocycles. The Bertz CT molecular complexity index is 825. The van der Waals surface area contributed by atoms with Gasteiger partial charge in [0.25, 0.3) is 0 Å². The molecule has 0 aliphatic rings. The van der Waals surface area contributed by atoms with Gasteiger partial charge in [-0.1, -0.05) is 23.0 Å². The number of thiophene rings is 1. The Hall–Kier alpha value is -2.13. The van der Waals surface area contributed by atoms with E-state index in [0.717, 1.165) is 28.1 Å². The number of carbonyl (C=O) groups excluding carboxylic acids is 1. The van der Waals surface area contributed by atoms with Crippen molar-refractivity contribution < 1.29 is 9.32 Å². The molecule has 24 heavy (non-hydrogen) atoms. The molecule has 7 nitrogen and oxygen atoms in total. The summed E-state index contributed by atoms with van der Waals surface area (Å²) in [5.41, 5.74) is 0.719. The molecule has 0 spiro atoms. The summed E-state index contributed by atoms with van der Waals surface area (Å²) in [7, 11) is 0.